The second-order valence-electron chi connectivity index (χ2n) is 4.64. The van der Waals surface area contributed by atoms with Crippen molar-refractivity contribution in [1.29, 1.82) is 0 Å². The van der Waals surface area contributed by atoms with Gasteiger partial charge in [-0.2, -0.15) is 0 Å². The third kappa shape index (κ3) is 2.14. The molecule has 3 heteroatoms. The van der Waals surface area contributed by atoms with Crippen LogP contribution >= 0.6 is 0 Å². The zero-order valence-corrected chi connectivity index (χ0v) is 10.7. The highest BCUT2D eigenvalue weighted by Gasteiger charge is 2.18. The summed E-state index contributed by atoms with van der Waals surface area (Å²) in [5.74, 6) is 0.929. The second kappa shape index (κ2) is 4.86. The van der Waals surface area contributed by atoms with Gasteiger partial charge in [0.1, 0.15) is 5.76 Å². The van der Waals surface area contributed by atoms with Crippen molar-refractivity contribution in [2.24, 2.45) is 0 Å². The Morgan fingerprint density at radius 2 is 1.94 bits per heavy atom. The average Bonchev–Trinajstić information content (AvgIpc) is 3.10. The number of benzene rings is 1. The number of rotatable bonds is 3. The average molecular weight is 242 g/mol. The van der Waals surface area contributed by atoms with Crippen LogP contribution in [0.4, 0.5) is 5.69 Å². The lowest BCUT2D eigenvalue weighted by Crippen LogP contribution is -2.24. The van der Waals surface area contributed by atoms with Crippen molar-refractivity contribution in [3.05, 3.63) is 42.7 Å². The third-order valence-electron chi connectivity index (χ3n) is 3.54. The number of hydrogen-bond acceptors (Lipinski definition) is 3. The van der Waals surface area contributed by atoms with Crippen LogP contribution in [0, 0.1) is 0 Å². The number of nitrogens with zero attached hydrogens (tertiary/aromatic N) is 2. The van der Waals surface area contributed by atoms with Gasteiger partial charge in [0.25, 0.3) is 0 Å². The fourth-order valence-corrected chi connectivity index (χ4v) is 2.39. The molecule has 1 aromatic carbocycles. The lowest BCUT2D eigenvalue weighted by Gasteiger charge is -2.19. The summed E-state index contributed by atoms with van der Waals surface area (Å²) in [5.41, 5.74) is 2.43. The molecule has 1 aliphatic heterocycles. The van der Waals surface area contributed by atoms with Crippen LogP contribution < -0.4 is 4.90 Å². The molecular weight excluding hydrogens is 224 g/mol. The van der Waals surface area contributed by atoms with Gasteiger partial charge in [-0.25, -0.2) is 0 Å². The van der Waals surface area contributed by atoms with Crippen LogP contribution in [0.5, 0.6) is 0 Å². The predicted molar refractivity (Wildman–Crippen MR) is 73.6 cm³/mol. The zero-order valence-electron chi connectivity index (χ0n) is 10.7. The summed E-state index contributed by atoms with van der Waals surface area (Å²) in [6.45, 7) is 6.66. The highest BCUT2D eigenvalue weighted by molar-refractivity contribution is 5.62. The van der Waals surface area contributed by atoms with E-state index in [1.165, 1.54) is 5.69 Å². The van der Waals surface area contributed by atoms with Crippen LogP contribution in [0.1, 0.15) is 6.92 Å². The molecule has 2 heterocycles. The molecule has 0 spiro atoms. The predicted octanol–water partition coefficient (Wildman–Crippen LogP) is 3.05. The minimum Gasteiger partial charge on any atom is -0.464 e. The quantitative estimate of drug-likeness (QED) is 0.824. The van der Waals surface area contributed by atoms with E-state index in [0.717, 1.165) is 37.6 Å². The van der Waals surface area contributed by atoms with Crippen molar-refractivity contribution >= 4 is 5.69 Å². The fourth-order valence-electron chi connectivity index (χ4n) is 2.39. The van der Waals surface area contributed by atoms with Crippen LogP contribution in [0.15, 0.2) is 47.1 Å². The summed E-state index contributed by atoms with van der Waals surface area (Å²) in [6.07, 6.45) is 1.71. The molecule has 3 rings (SSSR count). The van der Waals surface area contributed by atoms with Gasteiger partial charge < -0.3 is 9.32 Å². The van der Waals surface area contributed by atoms with Crippen molar-refractivity contribution in [3.8, 4) is 11.3 Å². The third-order valence-corrected chi connectivity index (χ3v) is 3.54. The Morgan fingerprint density at radius 3 is 2.56 bits per heavy atom. The highest BCUT2D eigenvalue weighted by Crippen LogP contribution is 2.24. The van der Waals surface area contributed by atoms with E-state index in [2.05, 4.69) is 41.0 Å². The van der Waals surface area contributed by atoms with Gasteiger partial charge in [-0.1, -0.05) is 6.92 Å². The molecule has 0 saturated carbocycles. The Morgan fingerprint density at radius 1 is 1.11 bits per heavy atom. The monoisotopic (exact) mass is 242 g/mol. The van der Waals surface area contributed by atoms with Crippen molar-refractivity contribution in [1.82, 2.24) is 4.90 Å². The topological polar surface area (TPSA) is 19.6 Å². The van der Waals surface area contributed by atoms with Gasteiger partial charge >= 0.3 is 0 Å². The Balaban J connectivity index is 1.76. The first-order valence-corrected chi connectivity index (χ1v) is 6.48. The van der Waals surface area contributed by atoms with E-state index in [9.17, 15) is 0 Å². The lowest BCUT2D eigenvalue weighted by atomic mass is 10.1. The number of hydrogen-bond donors (Lipinski definition) is 0. The van der Waals surface area contributed by atoms with Gasteiger partial charge in [0, 0.05) is 24.3 Å². The zero-order chi connectivity index (χ0) is 12.4. The van der Waals surface area contributed by atoms with Crippen LogP contribution in [0.25, 0.3) is 11.3 Å². The van der Waals surface area contributed by atoms with E-state index in [0.29, 0.717) is 0 Å². The molecule has 0 atom stereocenters. The molecule has 0 radical (unpaired) electrons. The highest BCUT2D eigenvalue weighted by atomic mass is 16.3. The molecule has 0 N–H and O–H groups in total. The van der Waals surface area contributed by atoms with Crippen molar-refractivity contribution in [3.63, 3.8) is 0 Å². The maximum absolute atomic E-state index is 5.40. The summed E-state index contributed by atoms with van der Waals surface area (Å²) in [6, 6.07) is 12.5. The van der Waals surface area contributed by atoms with E-state index in [4.69, 9.17) is 4.42 Å². The van der Waals surface area contributed by atoms with Crippen LogP contribution in [-0.4, -0.2) is 31.2 Å². The van der Waals surface area contributed by atoms with E-state index in [1.807, 2.05) is 12.1 Å². The molecule has 1 aromatic heterocycles. The van der Waals surface area contributed by atoms with Crippen LogP contribution in [0.2, 0.25) is 0 Å². The number of furan rings is 1. The van der Waals surface area contributed by atoms with E-state index in [1.54, 1.807) is 6.26 Å². The maximum Gasteiger partial charge on any atom is 0.133 e. The number of anilines is 1. The summed E-state index contributed by atoms with van der Waals surface area (Å²) in [5, 5.41) is 0. The first-order valence-electron chi connectivity index (χ1n) is 6.48. The summed E-state index contributed by atoms with van der Waals surface area (Å²) < 4.78 is 5.40. The molecule has 0 unspecified atom stereocenters. The van der Waals surface area contributed by atoms with Gasteiger partial charge in [0.15, 0.2) is 0 Å². The Hall–Kier alpha value is -1.74. The van der Waals surface area contributed by atoms with Crippen LogP contribution in [0.3, 0.4) is 0 Å². The minimum absolute atomic E-state index is 0.929. The minimum atomic E-state index is 0.929. The molecule has 94 valence electrons. The summed E-state index contributed by atoms with van der Waals surface area (Å²) in [4.78, 5) is 4.86. The SMILES string of the molecule is CCN1CCN(c2ccc(-c3ccco3)cc2)C1. The molecule has 0 aliphatic carbocycles. The van der Waals surface area contributed by atoms with Crippen molar-refractivity contribution in [2.75, 3.05) is 31.2 Å². The van der Waals surface area contributed by atoms with Gasteiger partial charge in [0.05, 0.1) is 12.9 Å². The summed E-state index contributed by atoms with van der Waals surface area (Å²) in [7, 11) is 0. The Kier molecular flexibility index (Phi) is 3.07. The molecule has 1 saturated heterocycles. The van der Waals surface area contributed by atoms with E-state index < -0.39 is 0 Å². The van der Waals surface area contributed by atoms with Gasteiger partial charge in [-0.15, -0.1) is 0 Å². The first kappa shape index (κ1) is 11.4. The molecule has 0 bridgehead atoms. The molecule has 3 nitrogen and oxygen atoms in total. The van der Waals surface area contributed by atoms with Crippen molar-refractivity contribution in [2.45, 2.75) is 6.92 Å². The molecule has 0 amide bonds. The van der Waals surface area contributed by atoms with Crippen molar-refractivity contribution < 1.29 is 4.42 Å². The van der Waals surface area contributed by atoms with Crippen LogP contribution in [-0.2, 0) is 0 Å². The molecule has 1 aliphatic rings. The van der Waals surface area contributed by atoms with Gasteiger partial charge in [0.2, 0.25) is 0 Å². The van der Waals surface area contributed by atoms with E-state index in [-0.39, 0.29) is 0 Å². The number of likely N-dealkylation sites (N-methyl/N-ethyl adjacent to an activating group) is 1. The first-order chi connectivity index (χ1) is 8.86. The largest absolute Gasteiger partial charge is 0.464 e. The maximum atomic E-state index is 5.40. The normalized spacial score (nSPS) is 16.4. The Bertz CT molecular complexity index is 490. The molecular formula is C15H18N2O. The standard InChI is InChI=1S/C15H18N2O/c1-2-16-9-10-17(12-16)14-7-5-13(6-8-14)15-4-3-11-18-15/h3-8,11H,2,9-10,12H2,1H3. The van der Waals surface area contributed by atoms with E-state index >= 15 is 0 Å². The smallest absolute Gasteiger partial charge is 0.133 e. The van der Waals surface area contributed by atoms with Gasteiger partial charge in [-0.05, 0) is 42.9 Å². The second-order valence-corrected chi connectivity index (χ2v) is 4.64. The summed E-state index contributed by atoms with van der Waals surface area (Å²) >= 11 is 0. The fraction of sp³-hybridized carbons (Fsp3) is 0.333. The Labute approximate surface area is 108 Å². The van der Waals surface area contributed by atoms with Gasteiger partial charge in [-0.3, -0.25) is 4.90 Å². The molecule has 1 fully saturated rings. The molecule has 18 heavy (non-hydrogen) atoms. The lowest BCUT2D eigenvalue weighted by molar-refractivity contribution is 0.361. The molecule has 2 aromatic rings.